The van der Waals surface area contributed by atoms with Gasteiger partial charge in [0.15, 0.2) is 0 Å². The van der Waals surface area contributed by atoms with Crippen molar-refractivity contribution in [2.75, 3.05) is 40.0 Å². The highest BCUT2D eigenvalue weighted by molar-refractivity contribution is 7.88. The van der Waals surface area contributed by atoms with Crippen LogP contribution in [-0.4, -0.2) is 70.3 Å². The average molecular weight is 403 g/mol. The predicted molar refractivity (Wildman–Crippen MR) is 106 cm³/mol. The third-order valence-corrected chi connectivity index (χ3v) is 6.37. The monoisotopic (exact) mass is 402 g/mol. The summed E-state index contributed by atoms with van der Waals surface area (Å²) in [6.07, 6.45) is 4.78. The van der Waals surface area contributed by atoms with Crippen LogP contribution in [0.15, 0.2) is 17.5 Å². The first kappa shape index (κ1) is 21.1. The molecular weight excluding hydrogens is 372 g/mol. The number of nitrogens with zero attached hydrogens (tertiary/aromatic N) is 2. The Morgan fingerprint density at radius 2 is 2.19 bits per heavy atom. The predicted octanol–water partition coefficient (Wildman–Crippen LogP) is 1.85. The van der Waals surface area contributed by atoms with E-state index in [2.05, 4.69) is 21.0 Å². The summed E-state index contributed by atoms with van der Waals surface area (Å²) in [6.45, 7) is 1.64. The maximum atomic E-state index is 12.7. The number of amides is 2. The number of piperidine rings is 1. The van der Waals surface area contributed by atoms with E-state index in [0.29, 0.717) is 19.5 Å². The number of carbonyl (C=O) groups is 1. The van der Waals surface area contributed by atoms with Gasteiger partial charge in [-0.1, -0.05) is 6.07 Å². The summed E-state index contributed by atoms with van der Waals surface area (Å²) in [6, 6.07) is 4.28. The number of thiophene rings is 1. The minimum Gasteiger partial charge on any atom is -0.336 e. The molecule has 2 heterocycles. The Kier molecular flexibility index (Phi) is 7.87. The van der Waals surface area contributed by atoms with Crippen LogP contribution in [-0.2, 0) is 10.0 Å². The van der Waals surface area contributed by atoms with Crippen molar-refractivity contribution >= 4 is 27.4 Å². The second kappa shape index (κ2) is 9.68. The van der Waals surface area contributed by atoms with E-state index in [4.69, 9.17) is 0 Å². The largest absolute Gasteiger partial charge is 0.336 e. The molecule has 148 valence electrons. The van der Waals surface area contributed by atoms with Crippen molar-refractivity contribution in [2.45, 2.75) is 37.8 Å². The number of nitrogens with one attached hydrogen (secondary N) is 2. The van der Waals surface area contributed by atoms with Crippen molar-refractivity contribution < 1.29 is 13.2 Å². The fourth-order valence-electron chi connectivity index (χ4n) is 3.28. The Hall–Kier alpha value is -1.16. The van der Waals surface area contributed by atoms with E-state index >= 15 is 0 Å². The van der Waals surface area contributed by atoms with Gasteiger partial charge in [0, 0.05) is 30.6 Å². The molecule has 2 atom stereocenters. The third kappa shape index (κ3) is 6.53. The van der Waals surface area contributed by atoms with Crippen LogP contribution in [0.2, 0.25) is 0 Å². The standard InChI is InChI=1S/C17H30N4O3S2/c1-20(2)15(16-8-6-12-25-16)13-18-17(22)21-11-5-4-7-14(21)9-10-19-26(3,23)24/h6,8,12,14-15,19H,4-5,7,9-11,13H2,1-3H3,(H,18,22). The highest BCUT2D eigenvalue weighted by atomic mass is 32.2. The number of sulfonamides is 1. The molecule has 0 bridgehead atoms. The molecule has 9 heteroatoms. The molecule has 0 radical (unpaired) electrons. The molecule has 2 N–H and O–H groups in total. The molecule has 0 aliphatic carbocycles. The van der Waals surface area contributed by atoms with E-state index in [0.717, 1.165) is 32.1 Å². The number of carbonyl (C=O) groups excluding carboxylic acids is 1. The lowest BCUT2D eigenvalue weighted by molar-refractivity contribution is 0.144. The molecular formula is C17H30N4O3S2. The van der Waals surface area contributed by atoms with Crippen molar-refractivity contribution in [3.8, 4) is 0 Å². The number of likely N-dealkylation sites (tertiary alicyclic amines) is 1. The molecule has 1 fully saturated rings. The van der Waals surface area contributed by atoms with Crippen LogP contribution in [0, 0.1) is 0 Å². The first-order valence-corrected chi connectivity index (χ1v) is 11.7. The third-order valence-electron chi connectivity index (χ3n) is 4.67. The topological polar surface area (TPSA) is 81.8 Å². The molecule has 1 aromatic heterocycles. The van der Waals surface area contributed by atoms with Crippen molar-refractivity contribution in [2.24, 2.45) is 0 Å². The number of hydrogen-bond acceptors (Lipinski definition) is 5. The molecule has 26 heavy (non-hydrogen) atoms. The fourth-order valence-corrected chi connectivity index (χ4v) is 4.69. The van der Waals surface area contributed by atoms with Crippen LogP contribution in [0.1, 0.15) is 36.6 Å². The van der Waals surface area contributed by atoms with Gasteiger partial charge in [0.25, 0.3) is 0 Å². The number of rotatable bonds is 8. The first-order valence-electron chi connectivity index (χ1n) is 8.97. The lowest BCUT2D eigenvalue weighted by atomic mass is 10.00. The quantitative estimate of drug-likeness (QED) is 0.695. The van der Waals surface area contributed by atoms with E-state index in [-0.39, 0.29) is 18.1 Å². The minimum atomic E-state index is -3.19. The zero-order chi connectivity index (χ0) is 19.2. The summed E-state index contributed by atoms with van der Waals surface area (Å²) in [5, 5.41) is 5.12. The molecule has 0 spiro atoms. The van der Waals surface area contributed by atoms with Crippen LogP contribution in [0.3, 0.4) is 0 Å². The molecule has 0 aromatic carbocycles. The molecule has 1 aliphatic heterocycles. The van der Waals surface area contributed by atoms with E-state index < -0.39 is 10.0 Å². The average Bonchev–Trinajstić information content (AvgIpc) is 3.08. The van der Waals surface area contributed by atoms with Gasteiger partial charge in [-0.25, -0.2) is 17.9 Å². The van der Waals surface area contributed by atoms with Crippen LogP contribution < -0.4 is 10.0 Å². The Bertz CT molecular complexity index is 662. The van der Waals surface area contributed by atoms with Crippen LogP contribution in [0.25, 0.3) is 0 Å². The van der Waals surface area contributed by atoms with E-state index in [9.17, 15) is 13.2 Å². The Labute approximate surface area is 160 Å². The number of urea groups is 1. The van der Waals surface area contributed by atoms with Crippen LogP contribution in [0.4, 0.5) is 4.79 Å². The molecule has 1 aliphatic rings. The Morgan fingerprint density at radius 1 is 1.42 bits per heavy atom. The summed E-state index contributed by atoms with van der Waals surface area (Å²) in [4.78, 5) is 17.9. The maximum Gasteiger partial charge on any atom is 0.317 e. The smallest absolute Gasteiger partial charge is 0.317 e. The molecule has 1 aromatic rings. The van der Waals surface area contributed by atoms with E-state index in [1.54, 1.807) is 11.3 Å². The van der Waals surface area contributed by atoms with E-state index in [1.165, 1.54) is 4.88 Å². The van der Waals surface area contributed by atoms with Gasteiger partial charge in [-0.2, -0.15) is 0 Å². The van der Waals surface area contributed by atoms with Gasteiger partial charge in [-0.15, -0.1) is 11.3 Å². The second-order valence-corrected chi connectivity index (χ2v) is 9.79. The molecule has 2 amide bonds. The second-order valence-electron chi connectivity index (χ2n) is 6.98. The minimum absolute atomic E-state index is 0.0579. The van der Waals surface area contributed by atoms with Crippen molar-refractivity contribution in [3.05, 3.63) is 22.4 Å². The Morgan fingerprint density at radius 3 is 2.81 bits per heavy atom. The van der Waals surface area contributed by atoms with Gasteiger partial charge in [-0.05, 0) is 51.2 Å². The zero-order valence-corrected chi connectivity index (χ0v) is 17.4. The van der Waals surface area contributed by atoms with Crippen molar-refractivity contribution in [1.29, 1.82) is 0 Å². The Balaban J connectivity index is 1.90. The number of hydrogen-bond donors (Lipinski definition) is 2. The molecule has 7 nitrogen and oxygen atoms in total. The fraction of sp³-hybridized carbons (Fsp3) is 0.706. The lowest BCUT2D eigenvalue weighted by Crippen LogP contribution is -2.50. The number of likely N-dealkylation sites (N-methyl/N-ethyl adjacent to an activating group) is 1. The van der Waals surface area contributed by atoms with Gasteiger partial charge >= 0.3 is 6.03 Å². The van der Waals surface area contributed by atoms with Gasteiger partial charge in [0.05, 0.1) is 12.3 Å². The van der Waals surface area contributed by atoms with Gasteiger partial charge in [-0.3, -0.25) is 0 Å². The summed E-state index contributed by atoms with van der Waals surface area (Å²) in [7, 11) is 0.830. The highest BCUT2D eigenvalue weighted by Crippen LogP contribution is 2.23. The van der Waals surface area contributed by atoms with Gasteiger partial charge in [0.1, 0.15) is 0 Å². The molecule has 2 rings (SSSR count). The first-order chi connectivity index (χ1) is 12.3. The molecule has 0 saturated carbocycles. The van der Waals surface area contributed by atoms with Crippen LogP contribution >= 0.6 is 11.3 Å². The summed E-state index contributed by atoms with van der Waals surface area (Å²) in [5.74, 6) is 0. The lowest BCUT2D eigenvalue weighted by Gasteiger charge is -2.36. The van der Waals surface area contributed by atoms with Gasteiger partial charge in [0.2, 0.25) is 10.0 Å². The van der Waals surface area contributed by atoms with E-state index in [1.807, 2.05) is 30.4 Å². The normalized spacial score (nSPS) is 19.5. The van der Waals surface area contributed by atoms with Crippen LogP contribution in [0.5, 0.6) is 0 Å². The van der Waals surface area contributed by atoms with Crippen molar-refractivity contribution in [3.63, 3.8) is 0 Å². The summed E-state index contributed by atoms with van der Waals surface area (Å²) < 4.78 is 25.0. The summed E-state index contributed by atoms with van der Waals surface area (Å²) >= 11 is 1.69. The highest BCUT2D eigenvalue weighted by Gasteiger charge is 2.27. The van der Waals surface area contributed by atoms with Crippen molar-refractivity contribution in [1.82, 2.24) is 19.8 Å². The maximum absolute atomic E-state index is 12.7. The SMILES string of the molecule is CN(C)C(CNC(=O)N1CCCCC1CCNS(C)(=O)=O)c1cccs1. The zero-order valence-electron chi connectivity index (χ0n) is 15.8. The van der Waals surface area contributed by atoms with Gasteiger partial charge < -0.3 is 15.1 Å². The molecule has 2 unspecified atom stereocenters. The molecule has 1 saturated heterocycles. The summed E-state index contributed by atoms with van der Waals surface area (Å²) in [5.41, 5.74) is 0.